The minimum absolute atomic E-state index is 0.135. The number of anilines is 1. The maximum Gasteiger partial charge on any atom is 0.340 e. The average Bonchev–Trinajstić information content (AvgIpc) is 2.64. The number of halogens is 2. The number of hydrogen-bond donors (Lipinski definition) is 1. The van der Waals surface area contributed by atoms with Crippen LogP contribution in [0.2, 0.25) is 10.0 Å². The number of methoxy groups -OCH3 is 1. The van der Waals surface area contributed by atoms with Crippen LogP contribution in [0, 0.1) is 0 Å². The SMILES string of the molecule is COC(=O)c1cc(Cl)cc(Cl)c1NCCCCOc1ccc(C(C)(C)C)cc1. The Hall–Kier alpha value is -1.91. The van der Waals surface area contributed by atoms with E-state index in [1.807, 2.05) is 12.1 Å². The van der Waals surface area contributed by atoms with Crippen molar-refractivity contribution in [2.75, 3.05) is 25.6 Å². The average molecular weight is 424 g/mol. The number of rotatable bonds is 8. The molecule has 0 bridgehead atoms. The van der Waals surface area contributed by atoms with Crippen molar-refractivity contribution < 1.29 is 14.3 Å². The van der Waals surface area contributed by atoms with Gasteiger partial charge < -0.3 is 14.8 Å². The maximum atomic E-state index is 11.9. The number of nitrogens with one attached hydrogen (secondary N) is 1. The van der Waals surface area contributed by atoms with Gasteiger partial charge in [-0.1, -0.05) is 56.1 Å². The second kappa shape index (κ2) is 10.0. The van der Waals surface area contributed by atoms with Crippen molar-refractivity contribution in [2.24, 2.45) is 0 Å². The Balaban J connectivity index is 1.80. The van der Waals surface area contributed by atoms with Crippen LogP contribution in [0.4, 0.5) is 5.69 Å². The summed E-state index contributed by atoms with van der Waals surface area (Å²) in [6.45, 7) is 7.84. The van der Waals surface area contributed by atoms with Gasteiger partial charge in [0, 0.05) is 11.6 Å². The van der Waals surface area contributed by atoms with Crippen molar-refractivity contribution in [2.45, 2.75) is 39.0 Å². The first-order valence-electron chi connectivity index (χ1n) is 9.27. The first kappa shape index (κ1) is 22.4. The number of esters is 1. The summed E-state index contributed by atoms with van der Waals surface area (Å²) >= 11 is 12.2. The molecule has 0 atom stereocenters. The van der Waals surface area contributed by atoms with Gasteiger partial charge in [0.05, 0.1) is 30.0 Å². The molecule has 0 aliphatic heterocycles. The summed E-state index contributed by atoms with van der Waals surface area (Å²) < 4.78 is 10.6. The molecule has 0 aliphatic carbocycles. The molecule has 0 saturated carbocycles. The predicted molar refractivity (Wildman–Crippen MR) is 116 cm³/mol. The fourth-order valence-corrected chi connectivity index (χ4v) is 3.27. The van der Waals surface area contributed by atoms with Crippen molar-refractivity contribution in [3.05, 3.63) is 57.6 Å². The Bertz CT molecular complexity index is 799. The van der Waals surface area contributed by atoms with Crippen molar-refractivity contribution in [1.82, 2.24) is 0 Å². The Morgan fingerprint density at radius 2 is 1.75 bits per heavy atom. The lowest BCUT2D eigenvalue weighted by Crippen LogP contribution is -2.11. The van der Waals surface area contributed by atoms with Crippen LogP contribution in [0.25, 0.3) is 0 Å². The number of benzene rings is 2. The summed E-state index contributed by atoms with van der Waals surface area (Å²) in [7, 11) is 1.33. The third-order valence-electron chi connectivity index (χ3n) is 4.32. The smallest absolute Gasteiger partial charge is 0.340 e. The fraction of sp³-hybridized carbons (Fsp3) is 0.409. The normalized spacial score (nSPS) is 11.2. The van der Waals surface area contributed by atoms with Gasteiger partial charge in [0.1, 0.15) is 5.75 Å². The molecular weight excluding hydrogens is 397 g/mol. The predicted octanol–water partition coefficient (Wildman–Crippen LogP) is 6.35. The third kappa shape index (κ3) is 6.32. The van der Waals surface area contributed by atoms with Crippen LogP contribution in [0.3, 0.4) is 0 Å². The minimum Gasteiger partial charge on any atom is -0.494 e. The molecule has 2 aromatic carbocycles. The summed E-state index contributed by atoms with van der Waals surface area (Å²) in [6, 6.07) is 11.4. The lowest BCUT2D eigenvalue weighted by Gasteiger charge is -2.19. The van der Waals surface area contributed by atoms with Gasteiger partial charge in [-0.15, -0.1) is 0 Å². The molecule has 152 valence electrons. The highest BCUT2D eigenvalue weighted by molar-refractivity contribution is 6.37. The maximum absolute atomic E-state index is 11.9. The number of unbranched alkanes of at least 4 members (excludes halogenated alkanes) is 1. The summed E-state index contributed by atoms with van der Waals surface area (Å²) in [4.78, 5) is 11.9. The molecule has 28 heavy (non-hydrogen) atoms. The van der Waals surface area contributed by atoms with Crippen molar-refractivity contribution in [3.63, 3.8) is 0 Å². The monoisotopic (exact) mass is 423 g/mol. The van der Waals surface area contributed by atoms with Gasteiger partial charge in [0.15, 0.2) is 0 Å². The molecule has 0 fully saturated rings. The molecular formula is C22H27Cl2NO3. The van der Waals surface area contributed by atoms with Crippen LogP contribution in [-0.4, -0.2) is 26.2 Å². The van der Waals surface area contributed by atoms with E-state index in [2.05, 4.69) is 38.2 Å². The Morgan fingerprint density at radius 3 is 2.36 bits per heavy atom. The molecule has 0 amide bonds. The molecule has 0 spiro atoms. The van der Waals surface area contributed by atoms with E-state index in [0.717, 1.165) is 18.6 Å². The lowest BCUT2D eigenvalue weighted by atomic mass is 9.87. The molecule has 0 unspecified atom stereocenters. The topological polar surface area (TPSA) is 47.6 Å². The van der Waals surface area contributed by atoms with Crippen molar-refractivity contribution in [1.29, 1.82) is 0 Å². The molecule has 4 nitrogen and oxygen atoms in total. The van der Waals surface area contributed by atoms with Crippen LogP contribution in [0.15, 0.2) is 36.4 Å². The molecule has 0 aromatic heterocycles. The Morgan fingerprint density at radius 1 is 1.07 bits per heavy atom. The van der Waals surface area contributed by atoms with Crippen LogP contribution in [-0.2, 0) is 10.2 Å². The fourth-order valence-electron chi connectivity index (χ4n) is 2.71. The van der Waals surface area contributed by atoms with Crippen LogP contribution in [0.5, 0.6) is 5.75 Å². The van der Waals surface area contributed by atoms with Gasteiger partial charge in [0.25, 0.3) is 0 Å². The summed E-state index contributed by atoms with van der Waals surface area (Å²) in [5.74, 6) is 0.392. The van der Waals surface area contributed by atoms with Crippen molar-refractivity contribution in [3.8, 4) is 5.75 Å². The van der Waals surface area contributed by atoms with Gasteiger partial charge in [-0.3, -0.25) is 0 Å². The number of carbonyl (C=O) groups is 1. The van der Waals surface area contributed by atoms with Crippen LogP contribution < -0.4 is 10.1 Å². The second-order valence-corrected chi connectivity index (χ2v) is 8.40. The number of ether oxygens (including phenoxy) is 2. The molecule has 2 aromatic rings. The van der Waals surface area contributed by atoms with Gasteiger partial charge in [-0.05, 0) is 48.1 Å². The van der Waals surface area contributed by atoms with Gasteiger partial charge in [-0.25, -0.2) is 4.79 Å². The molecule has 0 heterocycles. The van der Waals surface area contributed by atoms with E-state index in [4.69, 9.17) is 32.7 Å². The van der Waals surface area contributed by atoms with Gasteiger partial charge in [0.2, 0.25) is 0 Å². The number of hydrogen-bond acceptors (Lipinski definition) is 4. The van der Waals surface area contributed by atoms with Gasteiger partial charge >= 0.3 is 5.97 Å². The zero-order chi connectivity index (χ0) is 20.7. The largest absolute Gasteiger partial charge is 0.494 e. The lowest BCUT2D eigenvalue weighted by molar-refractivity contribution is 0.0602. The highest BCUT2D eigenvalue weighted by atomic mass is 35.5. The molecule has 6 heteroatoms. The highest BCUT2D eigenvalue weighted by Crippen LogP contribution is 2.31. The Kier molecular flexibility index (Phi) is 8.02. The third-order valence-corrected chi connectivity index (χ3v) is 4.84. The van der Waals surface area contributed by atoms with Crippen LogP contribution >= 0.6 is 23.2 Å². The molecule has 0 aliphatic rings. The minimum atomic E-state index is -0.478. The molecule has 0 saturated heterocycles. The van der Waals surface area contributed by atoms with E-state index in [1.54, 1.807) is 12.1 Å². The standard InChI is InChI=1S/C22H27Cl2NO3/c1-22(2,3)15-7-9-17(10-8-15)28-12-6-5-11-25-20-18(21(26)27-4)13-16(23)14-19(20)24/h7-10,13-14,25H,5-6,11-12H2,1-4H3. The van der Waals surface area contributed by atoms with E-state index < -0.39 is 5.97 Å². The highest BCUT2D eigenvalue weighted by Gasteiger charge is 2.16. The molecule has 0 radical (unpaired) electrons. The van der Waals surface area contributed by atoms with E-state index in [-0.39, 0.29) is 5.41 Å². The Labute approximate surface area is 177 Å². The number of carbonyl (C=O) groups excluding carboxylic acids is 1. The van der Waals surface area contributed by atoms with Gasteiger partial charge in [-0.2, -0.15) is 0 Å². The first-order valence-corrected chi connectivity index (χ1v) is 10.0. The molecule has 1 N–H and O–H groups in total. The zero-order valence-corrected chi connectivity index (χ0v) is 18.3. The zero-order valence-electron chi connectivity index (χ0n) is 16.8. The van der Waals surface area contributed by atoms with E-state index in [1.165, 1.54) is 12.7 Å². The van der Waals surface area contributed by atoms with Crippen molar-refractivity contribution >= 4 is 34.9 Å². The van der Waals surface area contributed by atoms with Crippen LogP contribution in [0.1, 0.15) is 49.5 Å². The second-order valence-electron chi connectivity index (χ2n) is 7.56. The van der Waals surface area contributed by atoms with E-state index >= 15 is 0 Å². The van der Waals surface area contributed by atoms with E-state index in [0.29, 0.717) is 34.4 Å². The summed E-state index contributed by atoms with van der Waals surface area (Å²) in [6.07, 6.45) is 1.73. The molecule has 2 rings (SSSR count). The first-order chi connectivity index (χ1) is 13.2. The summed E-state index contributed by atoms with van der Waals surface area (Å²) in [5, 5.41) is 3.98. The quantitative estimate of drug-likeness (QED) is 0.396. The van der Waals surface area contributed by atoms with E-state index in [9.17, 15) is 4.79 Å². The summed E-state index contributed by atoms with van der Waals surface area (Å²) in [5.41, 5.74) is 2.29.